The fourth-order valence-electron chi connectivity index (χ4n) is 4.63. The number of amides is 3. The van der Waals surface area contributed by atoms with E-state index in [2.05, 4.69) is 5.32 Å². The molecule has 0 radical (unpaired) electrons. The van der Waals surface area contributed by atoms with Crippen molar-refractivity contribution in [2.75, 3.05) is 44.7 Å². The van der Waals surface area contributed by atoms with Gasteiger partial charge in [0.25, 0.3) is 0 Å². The summed E-state index contributed by atoms with van der Waals surface area (Å²) in [6.07, 6.45) is 3.89. The Morgan fingerprint density at radius 3 is 2.42 bits per heavy atom. The molecule has 4 rings (SSSR count). The minimum Gasteiger partial charge on any atom is -0.381 e. The third-order valence-electron chi connectivity index (χ3n) is 6.16. The third-order valence-corrected chi connectivity index (χ3v) is 6.16. The van der Waals surface area contributed by atoms with Gasteiger partial charge in [-0.3, -0.25) is 4.79 Å². The first-order valence-corrected chi connectivity index (χ1v) is 9.65. The van der Waals surface area contributed by atoms with E-state index in [1.165, 1.54) is 0 Å². The summed E-state index contributed by atoms with van der Waals surface area (Å²) in [4.78, 5) is 29.8. The van der Waals surface area contributed by atoms with E-state index in [1.807, 2.05) is 40.1 Å². The highest BCUT2D eigenvalue weighted by Crippen LogP contribution is 2.45. The number of rotatable bonds is 2. The van der Waals surface area contributed by atoms with Gasteiger partial charge in [-0.15, -0.1) is 0 Å². The van der Waals surface area contributed by atoms with Crippen LogP contribution in [-0.2, 0) is 9.53 Å². The molecule has 1 aromatic carbocycles. The van der Waals surface area contributed by atoms with Crippen molar-refractivity contribution in [1.29, 1.82) is 0 Å². The zero-order valence-electron chi connectivity index (χ0n) is 15.2. The quantitative estimate of drug-likeness (QED) is 0.885. The molecule has 3 fully saturated rings. The second-order valence-corrected chi connectivity index (χ2v) is 7.74. The number of benzene rings is 1. The first-order chi connectivity index (χ1) is 12.7. The van der Waals surface area contributed by atoms with Crippen molar-refractivity contribution >= 4 is 17.6 Å². The summed E-state index contributed by atoms with van der Waals surface area (Å²) < 4.78 is 5.56. The Hall–Kier alpha value is -2.08. The molecule has 3 aliphatic rings. The lowest BCUT2D eigenvalue weighted by molar-refractivity contribution is -0.139. The van der Waals surface area contributed by atoms with Crippen LogP contribution in [0, 0.1) is 11.3 Å². The van der Waals surface area contributed by atoms with Gasteiger partial charge in [-0.1, -0.05) is 18.2 Å². The molecule has 0 aliphatic carbocycles. The molecule has 0 aromatic heterocycles. The molecule has 1 aromatic rings. The molecule has 26 heavy (non-hydrogen) atoms. The Morgan fingerprint density at radius 2 is 1.73 bits per heavy atom. The van der Waals surface area contributed by atoms with Gasteiger partial charge in [-0.05, 0) is 37.8 Å². The van der Waals surface area contributed by atoms with Crippen LogP contribution in [0.2, 0.25) is 0 Å². The van der Waals surface area contributed by atoms with Crippen LogP contribution >= 0.6 is 0 Å². The topological polar surface area (TPSA) is 61.9 Å². The predicted octanol–water partition coefficient (Wildman–Crippen LogP) is 2.57. The minimum atomic E-state index is -0.133. The van der Waals surface area contributed by atoms with Crippen molar-refractivity contribution in [3.8, 4) is 0 Å². The highest BCUT2D eigenvalue weighted by molar-refractivity contribution is 5.90. The second-order valence-electron chi connectivity index (χ2n) is 7.74. The standard InChI is InChI=1S/C20H27N3O3/c24-18(22-10-4-5-11-22)17-14-23(15-20(17)8-12-26-13-9-20)19(25)21-16-6-2-1-3-7-16/h1-3,6-7,17H,4-5,8-15H2,(H,21,25). The van der Waals surface area contributed by atoms with Gasteiger partial charge < -0.3 is 19.9 Å². The fraction of sp³-hybridized carbons (Fsp3) is 0.600. The Bertz CT molecular complexity index is 652. The molecular formula is C20H27N3O3. The van der Waals surface area contributed by atoms with Crippen LogP contribution in [0.25, 0.3) is 0 Å². The molecule has 1 atom stereocenters. The Kier molecular flexibility index (Phi) is 4.85. The van der Waals surface area contributed by atoms with Crippen LogP contribution in [-0.4, -0.2) is 61.1 Å². The lowest BCUT2D eigenvalue weighted by Crippen LogP contribution is -2.45. The molecule has 1 unspecified atom stereocenters. The lowest BCUT2D eigenvalue weighted by atomic mass is 9.71. The number of para-hydroxylation sites is 1. The van der Waals surface area contributed by atoms with E-state index in [4.69, 9.17) is 4.74 Å². The highest BCUT2D eigenvalue weighted by atomic mass is 16.5. The van der Waals surface area contributed by atoms with Gasteiger partial charge in [0.2, 0.25) is 5.91 Å². The van der Waals surface area contributed by atoms with E-state index in [1.54, 1.807) is 0 Å². The summed E-state index contributed by atoms with van der Waals surface area (Å²) in [6.45, 7) is 4.22. The Balaban J connectivity index is 1.51. The molecule has 3 amide bonds. The number of carbonyl (C=O) groups is 2. The molecule has 6 nitrogen and oxygen atoms in total. The lowest BCUT2D eigenvalue weighted by Gasteiger charge is -2.38. The highest BCUT2D eigenvalue weighted by Gasteiger charge is 2.52. The first kappa shape index (κ1) is 17.3. The van der Waals surface area contributed by atoms with Crippen LogP contribution in [0.15, 0.2) is 30.3 Å². The van der Waals surface area contributed by atoms with Gasteiger partial charge in [0.1, 0.15) is 0 Å². The number of hydrogen-bond donors (Lipinski definition) is 1. The van der Waals surface area contributed by atoms with Crippen molar-refractivity contribution in [2.45, 2.75) is 25.7 Å². The monoisotopic (exact) mass is 357 g/mol. The Morgan fingerprint density at radius 1 is 1.04 bits per heavy atom. The van der Waals surface area contributed by atoms with Crippen molar-refractivity contribution in [3.63, 3.8) is 0 Å². The van der Waals surface area contributed by atoms with E-state index in [0.717, 1.165) is 44.5 Å². The number of nitrogens with one attached hydrogen (secondary N) is 1. The largest absolute Gasteiger partial charge is 0.381 e. The number of likely N-dealkylation sites (tertiary alicyclic amines) is 2. The maximum Gasteiger partial charge on any atom is 0.321 e. The zero-order valence-corrected chi connectivity index (χ0v) is 15.2. The molecule has 140 valence electrons. The number of ether oxygens (including phenoxy) is 1. The summed E-state index contributed by atoms with van der Waals surface area (Å²) >= 11 is 0. The van der Waals surface area contributed by atoms with Gasteiger partial charge in [0.15, 0.2) is 0 Å². The number of carbonyl (C=O) groups excluding carboxylic acids is 2. The maximum atomic E-state index is 13.2. The number of hydrogen-bond acceptors (Lipinski definition) is 3. The van der Waals surface area contributed by atoms with Gasteiger partial charge in [0.05, 0.1) is 5.92 Å². The SMILES string of the molecule is O=C(Nc1ccccc1)N1CC(C(=O)N2CCCC2)C2(CCOCC2)C1. The van der Waals surface area contributed by atoms with Crippen LogP contribution in [0.3, 0.4) is 0 Å². The van der Waals surface area contributed by atoms with Gasteiger partial charge in [-0.25, -0.2) is 4.79 Å². The summed E-state index contributed by atoms with van der Waals surface area (Å²) in [7, 11) is 0. The molecular weight excluding hydrogens is 330 g/mol. The normalized spacial score (nSPS) is 24.8. The molecule has 3 aliphatic heterocycles. The number of nitrogens with zero attached hydrogens (tertiary/aromatic N) is 2. The molecule has 1 N–H and O–H groups in total. The average molecular weight is 357 g/mol. The molecule has 6 heteroatoms. The second kappa shape index (κ2) is 7.27. The molecule has 0 saturated carbocycles. The van der Waals surface area contributed by atoms with E-state index in [0.29, 0.717) is 26.3 Å². The minimum absolute atomic E-state index is 0.106. The zero-order chi connectivity index (χ0) is 18.0. The smallest absolute Gasteiger partial charge is 0.321 e. The third kappa shape index (κ3) is 3.30. The van der Waals surface area contributed by atoms with Crippen LogP contribution in [0.5, 0.6) is 0 Å². The summed E-state index contributed by atoms with van der Waals surface area (Å²) in [5, 5.41) is 2.97. The van der Waals surface area contributed by atoms with Crippen LogP contribution in [0.1, 0.15) is 25.7 Å². The molecule has 3 heterocycles. The van der Waals surface area contributed by atoms with Crippen molar-refractivity contribution in [3.05, 3.63) is 30.3 Å². The molecule has 1 spiro atoms. The van der Waals surface area contributed by atoms with Crippen molar-refractivity contribution < 1.29 is 14.3 Å². The average Bonchev–Trinajstić information content (AvgIpc) is 3.32. The number of anilines is 1. The van der Waals surface area contributed by atoms with Crippen LogP contribution < -0.4 is 5.32 Å². The van der Waals surface area contributed by atoms with Gasteiger partial charge >= 0.3 is 6.03 Å². The summed E-state index contributed by atoms with van der Waals surface area (Å²) in [5.74, 6) is 0.130. The Labute approximate surface area is 154 Å². The fourth-order valence-corrected chi connectivity index (χ4v) is 4.63. The van der Waals surface area contributed by atoms with Crippen molar-refractivity contribution in [2.24, 2.45) is 11.3 Å². The molecule has 3 saturated heterocycles. The summed E-state index contributed by atoms with van der Waals surface area (Å²) in [5.41, 5.74) is 0.652. The van der Waals surface area contributed by atoms with E-state index in [-0.39, 0.29) is 23.3 Å². The van der Waals surface area contributed by atoms with Crippen LogP contribution in [0.4, 0.5) is 10.5 Å². The molecule has 0 bridgehead atoms. The first-order valence-electron chi connectivity index (χ1n) is 9.65. The maximum absolute atomic E-state index is 13.2. The summed E-state index contributed by atoms with van der Waals surface area (Å²) in [6, 6.07) is 9.38. The van der Waals surface area contributed by atoms with E-state index >= 15 is 0 Å². The number of urea groups is 1. The van der Waals surface area contributed by atoms with Gasteiger partial charge in [-0.2, -0.15) is 0 Å². The van der Waals surface area contributed by atoms with Gasteiger partial charge in [0, 0.05) is 50.5 Å². The predicted molar refractivity (Wildman–Crippen MR) is 98.8 cm³/mol. The van der Waals surface area contributed by atoms with E-state index < -0.39 is 0 Å². The van der Waals surface area contributed by atoms with Crippen molar-refractivity contribution in [1.82, 2.24) is 9.80 Å². The van der Waals surface area contributed by atoms with E-state index in [9.17, 15) is 9.59 Å².